The summed E-state index contributed by atoms with van der Waals surface area (Å²) in [6.45, 7) is -1.40. The number of nitrogens with zero attached hydrogens (tertiary/aromatic N) is 6. The van der Waals surface area contributed by atoms with Crippen LogP contribution in [0.2, 0.25) is 0 Å². The van der Waals surface area contributed by atoms with Crippen LogP contribution in [0.25, 0.3) is 11.2 Å². The Hall–Kier alpha value is -3.48. The van der Waals surface area contributed by atoms with Gasteiger partial charge in [-0.3, -0.25) is 4.79 Å². The van der Waals surface area contributed by atoms with Gasteiger partial charge in [0.1, 0.15) is 11.8 Å². The molecule has 1 fully saturated rings. The van der Waals surface area contributed by atoms with Crippen LogP contribution in [0.15, 0.2) is 12.5 Å². The Morgan fingerprint density at radius 2 is 2.13 bits per heavy atom. The molecule has 11 nitrogen and oxygen atoms in total. The zero-order chi connectivity index (χ0) is 22.2. The number of halogens is 2. The number of carbonyl (C=O) groups is 1. The van der Waals surface area contributed by atoms with Crippen molar-refractivity contribution < 1.29 is 28.2 Å². The number of fused-ring (bicyclic) bond motifs is 1. The highest BCUT2D eigenvalue weighted by molar-refractivity contribution is 6.02. The third-order valence-electron chi connectivity index (χ3n) is 4.89. The molecule has 1 amide bonds. The Labute approximate surface area is 174 Å². The molecule has 164 valence electrons. The topological polar surface area (TPSA) is 137 Å². The van der Waals surface area contributed by atoms with E-state index in [0.717, 1.165) is 6.33 Å². The molecule has 3 aromatic heterocycles. The van der Waals surface area contributed by atoms with Crippen molar-refractivity contribution in [2.45, 2.75) is 38.5 Å². The van der Waals surface area contributed by atoms with Gasteiger partial charge in [0.15, 0.2) is 11.3 Å². The first-order valence-electron chi connectivity index (χ1n) is 9.33. The van der Waals surface area contributed by atoms with Gasteiger partial charge in [-0.05, 0) is 19.8 Å². The molecule has 0 aromatic carbocycles. The van der Waals surface area contributed by atoms with Gasteiger partial charge in [0.25, 0.3) is 5.91 Å². The van der Waals surface area contributed by atoms with Crippen molar-refractivity contribution >= 4 is 17.1 Å². The van der Waals surface area contributed by atoms with Crippen LogP contribution in [0, 0.1) is 6.92 Å². The monoisotopic (exact) mass is 435 g/mol. The molecule has 0 spiro atoms. The zero-order valence-corrected chi connectivity index (χ0v) is 16.7. The molecule has 0 aliphatic heterocycles. The van der Waals surface area contributed by atoms with Gasteiger partial charge in [0.2, 0.25) is 11.8 Å². The first-order chi connectivity index (χ1) is 14.8. The normalized spacial score (nSPS) is 14.6. The fraction of sp³-hybridized carbons (Fsp3) is 0.444. The molecule has 4 rings (SSSR count). The Morgan fingerprint density at radius 1 is 1.35 bits per heavy atom. The number of aliphatic hydroxyl groups is 1. The van der Waals surface area contributed by atoms with Crippen molar-refractivity contribution in [3.63, 3.8) is 0 Å². The lowest BCUT2D eigenvalue weighted by Crippen LogP contribution is -2.33. The second kappa shape index (κ2) is 7.98. The summed E-state index contributed by atoms with van der Waals surface area (Å²) in [5, 5.41) is 16.9. The van der Waals surface area contributed by atoms with Crippen molar-refractivity contribution in [3.8, 4) is 11.8 Å². The van der Waals surface area contributed by atoms with E-state index in [0.29, 0.717) is 24.1 Å². The van der Waals surface area contributed by atoms with Gasteiger partial charge in [0, 0.05) is 12.1 Å². The molecule has 0 saturated heterocycles. The van der Waals surface area contributed by atoms with Crippen molar-refractivity contribution in [1.29, 1.82) is 0 Å². The van der Waals surface area contributed by atoms with Gasteiger partial charge in [-0.15, -0.1) is 0 Å². The van der Waals surface area contributed by atoms with E-state index in [1.165, 1.54) is 24.9 Å². The van der Waals surface area contributed by atoms with Crippen LogP contribution in [0.5, 0.6) is 11.8 Å². The number of hydrogen-bond acceptors (Lipinski definition) is 9. The van der Waals surface area contributed by atoms with Crippen LogP contribution in [-0.2, 0) is 6.54 Å². The predicted molar refractivity (Wildman–Crippen MR) is 101 cm³/mol. The molecule has 2 N–H and O–H groups in total. The van der Waals surface area contributed by atoms with Gasteiger partial charge >= 0.3 is 6.61 Å². The van der Waals surface area contributed by atoms with Gasteiger partial charge in [-0.2, -0.15) is 18.9 Å². The third-order valence-corrected chi connectivity index (χ3v) is 4.89. The molecular formula is C18H19F2N7O4. The summed E-state index contributed by atoms with van der Waals surface area (Å²) in [6.07, 6.45) is 3.69. The number of amides is 1. The second-order valence-electron chi connectivity index (χ2n) is 7.13. The van der Waals surface area contributed by atoms with Crippen molar-refractivity contribution in [2.75, 3.05) is 13.7 Å². The molecule has 0 radical (unpaired) electrons. The maximum atomic E-state index is 12.7. The minimum Gasteiger partial charge on any atom is -0.480 e. The molecule has 0 atom stereocenters. The molecular weight excluding hydrogens is 416 g/mol. The molecule has 31 heavy (non-hydrogen) atoms. The van der Waals surface area contributed by atoms with Crippen molar-refractivity contribution in [1.82, 2.24) is 35.0 Å². The van der Waals surface area contributed by atoms with Gasteiger partial charge in [0.05, 0.1) is 31.1 Å². The van der Waals surface area contributed by atoms with E-state index in [1.54, 1.807) is 0 Å². The second-order valence-corrected chi connectivity index (χ2v) is 7.13. The van der Waals surface area contributed by atoms with Crippen LogP contribution in [0.4, 0.5) is 8.78 Å². The molecule has 13 heteroatoms. The standard InChI is InChI=1S/C18H19F2N7O4/c1-9-10(23-8-24-16(9)31-17(19)20)6-27-14-12(21-5-11(25-14)30-2)13(26-27)15(28)22-7-18(29)3-4-18/h5,8,17,29H,3-4,6-7H2,1-2H3,(H,22,28). The van der Waals surface area contributed by atoms with E-state index >= 15 is 0 Å². The van der Waals surface area contributed by atoms with Gasteiger partial charge in [-0.1, -0.05) is 0 Å². The van der Waals surface area contributed by atoms with E-state index in [2.05, 4.69) is 35.1 Å². The van der Waals surface area contributed by atoms with Gasteiger partial charge in [-0.25, -0.2) is 19.6 Å². The number of aromatic nitrogens is 6. The average Bonchev–Trinajstić information content (AvgIpc) is 3.38. The lowest BCUT2D eigenvalue weighted by atomic mass is 10.2. The lowest BCUT2D eigenvalue weighted by molar-refractivity contribution is -0.0534. The summed E-state index contributed by atoms with van der Waals surface area (Å²) in [4.78, 5) is 29.0. The Kier molecular flexibility index (Phi) is 5.35. The summed E-state index contributed by atoms with van der Waals surface area (Å²) in [5.41, 5.74) is 0.233. The molecule has 1 saturated carbocycles. The highest BCUT2D eigenvalue weighted by Gasteiger charge is 2.40. The zero-order valence-electron chi connectivity index (χ0n) is 16.7. The van der Waals surface area contributed by atoms with E-state index in [9.17, 15) is 18.7 Å². The lowest BCUT2D eigenvalue weighted by Gasteiger charge is -2.10. The molecule has 0 unspecified atom stereocenters. The fourth-order valence-electron chi connectivity index (χ4n) is 2.91. The maximum Gasteiger partial charge on any atom is 0.388 e. The van der Waals surface area contributed by atoms with Crippen LogP contribution >= 0.6 is 0 Å². The molecule has 0 bridgehead atoms. The Bertz CT molecular complexity index is 1130. The van der Waals surface area contributed by atoms with Crippen LogP contribution in [0.1, 0.15) is 34.6 Å². The summed E-state index contributed by atoms with van der Waals surface area (Å²) < 4.78 is 36.1. The summed E-state index contributed by atoms with van der Waals surface area (Å²) in [6, 6.07) is 0. The minimum atomic E-state index is -3.03. The SMILES string of the molecule is COc1cnc2c(C(=O)NCC3(O)CC3)nn(Cc3ncnc(OC(F)F)c3C)c2n1. The van der Waals surface area contributed by atoms with Crippen LogP contribution < -0.4 is 14.8 Å². The van der Waals surface area contributed by atoms with E-state index < -0.39 is 18.1 Å². The Morgan fingerprint density at radius 3 is 2.81 bits per heavy atom. The number of nitrogens with one attached hydrogen (secondary N) is 1. The first kappa shape index (κ1) is 20.8. The molecule has 3 heterocycles. The van der Waals surface area contributed by atoms with E-state index in [4.69, 9.17) is 4.74 Å². The maximum absolute atomic E-state index is 12.7. The van der Waals surface area contributed by atoms with Gasteiger partial charge < -0.3 is 19.9 Å². The fourth-order valence-corrected chi connectivity index (χ4v) is 2.91. The van der Waals surface area contributed by atoms with Crippen molar-refractivity contribution in [3.05, 3.63) is 29.5 Å². The minimum absolute atomic E-state index is 0.00478. The number of ether oxygens (including phenoxy) is 2. The summed E-state index contributed by atoms with van der Waals surface area (Å²) >= 11 is 0. The van der Waals surface area contributed by atoms with E-state index in [-0.39, 0.29) is 41.7 Å². The summed E-state index contributed by atoms with van der Waals surface area (Å²) in [7, 11) is 1.42. The molecule has 1 aliphatic rings. The number of rotatable bonds is 8. The third kappa shape index (κ3) is 4.35. The van der Waals surface area contributed by atoms with Crippen LogP contribution in [-0.4, -0.2) is 66.6 Å². The molecule has 1 aliphatic carbocycles. The number of carbonyl (C=O) groups excluding carboxylic acids is 1. The van der Waals surface area contributed by atoms with E-state index in [1.807, 2.05) is 0 Å². The van der Waals surface area contributed by atoms with Crippen molar-refractivity contribution in [2.24, 2.45) is 0 Å². The highest BCUT2D eigenvalue weighted by Crippen LogP contribution is 2.34. The number of methoxy groups -OCH3 is 1. The number of alkyl halides is 2. The average molecular weight is 435 g/mol. The highest BCUT2D eigenvalue weighted by atomic mass is 19.3. The Balaban J connectivity index is 1.69. The predicted octanol–water partition coefficient (Wildman–Crippen LogP) is 0.838. The first-order valence-corrected chi connectivity index (χ1v) is 9.33. The number of hydrogen-bond donors (Lipinski definition) is 2. The largest absolute Gasteiger partial charge is 0.480 e. The molecule has 3 aromatic rings. The summed E-state index contributed by atoms with van der Waals surface area (Å²) in [5.74, 6) is -0.575. The van der Waals surface area contributed by atoms with Crippen LogP contribution in [0.3, 0.4) is 0 Å². The smallest absolute Gasteiger partial charge is 0.388 e. The quantitative estimate of drug-likeness (QED) is 0.527.